The maximum Gasteiger partial charge on any atom is 0.319 e. The Kier molecular flexibility index (Phi) is 11.8. The smallest absolute Gasteiger partial charge is 0.319 e. The predicted octanol–water partition coefficient (Wildman–Crippen LogP) is 5.70. The monoisotopic (exact) mass is 391 g/mol. The molecule has 0 saturated heterocycles. The number of urea groups is 1. The van der Waals surface area contributed by atoms with E-state index in [1.54, 1.807) is 12.1 Å². The second-order valence-corrected chi connectivity index (χ2v) is 7.45. The molecule has 158 valence electrons. The lowest BCUT2D eigenvalue weighted by molar-refractivity contribution is -0.114. The SMILES string of the molecule is CCCCCCCCCCCCNC(=O)Nc1cc(C)cc(NC(C)=O)c1O. The lowest BCUT2D eigenvalue weighted by atomic mass is 10.1. The highest BCUT2D eigenvalue weighted by Crippen LogP contribution is 2.33. The fourth-order valence-corrected chi connectivity index (χ4v) is 3.14. The highest BCUT2D eigenvalue weighted by Gasteiger charge is 2.12. The van der Waals surface area contributed by atoms with E-state index >= 15 is 0 Å². The van der Waals surface area contributed by atoms with Crippen molar-refractivity contribution in [3.05, 3.63) is 17.7 Å². The van der Waals surface area contributed by atoms with Gasteiger partial charge in [-0.05, 0) is 31.0 Å². The quantitative estimate of drug-likeness (QED) is 0.257. The Labute approximate surface area is 169 Å². The third kappa shape index (κ3) is 10.2. The highest BCUT2D eigenvalue weighted by molar-refractivity contribution is 5.96. The van der Waals surface area contributed by atoms with Crippen LogP contribution in [0.5, 0.6) is 5.75 Å². The van der Waals surface area contributed by atoms with Crippen molar-refractivity contribution in [1.82, 2.24) is 5.32 Å². The van der Waals surface area contributed by atoms with E-state index in [1.165, 1.54) is 58.3 Å². The van der Waals surface area contributed by atoms with Crippen molar-refractivity contribution in [2.75, 3.05) is 17.2 Å². The normalized spacial score (nSPS) is 10.5. The largest absolute Gasteiger partial charge is 0.504 e. The molecule has 0 atom stereocenters. The van der Waals surface area contributed by atoms with E-state index in [1.807, 2.05) is 6.92 Å². The molecular weight excluding hydrogens is 354 g/mol. The van der Waals surface area contributed by atoms with Gasteiger partial charge in [0.2, 0.25) is 5.91 Å². The van der Waals surface area contributed by atoms with Gasteiger partial charge in [-0.25, -0.2) is 4.79 Å². The van der Waals surface area contributed by atoms with Gasteiger partial charge in [0.05, 0.1) is 11.4 Å². The van der Waals surface area contributed by atoms with E-state index in [-0.39, 0.29) is 29.1 Å². The fraction of sp³-hybridized carbons (Fsp3) is 0.636. The molecule has 0 aromatic heterocycles. The van der Waals surface area contributed by atoms with Crippen LogP contribution in [0.2, 0.25) is 0 Å². The molecule has 0 radical (unpaired) electrons. The molecule has 1 aromatic rings. The molecule has 1 rings (SSSR count). The number of amides is 3. The maximum absolute atomic E-state index is 12.0. The van der Waals surface area contributed by atoms with Gasteiger partial charge in [0.1, 0.15) is 0 Å². The van der Waals surface area contributed by atoms with E-state index in [0.29, 0.717) is 6.54 Å². The van der Waals surface area contributed by atoms with Crippen molar-refractivity contribution in [1.29, 1.82) is 0 Å². The standard InChI is InChI=1S/C22H37N3O3/c1-4-5-6-7-8-9-10-11-12-13-14-23-22(28)25-20-16-17(2)15-19(21(20)27)24-18(3)26/h15-16,27H,4-14H2,1-3H3,(H,24,26)(H2,23,25,28). The molecule has 0 heterocycles. The fourth-order valence-electron chi connectivity index (χ4n) is 3.14. The summed E-state index contributed by atoms with van der Waals surface area (Å²) in [4.78, 5) is 23.3. The molecule has 3 amide bonds. The summed E-state index contributed by atoms with van der Waals surface area (Å²) >= 11 is 0. The zero-order valence-corrected chi connectivity index (χ0v) is 17.7. The Bertz CT molecular complexity index is 617. The van der Waals surface area contributed by atoms with Crippen molar-refractivity contribution < 1.29 is 14.7 Å². The molecular formula is C22H37N3O3. The van der Waals surface area contributed by atoms with Gasteiger partial charge in [0, 0.05) is 13.5 Å². The Hall–Kier alpha value is -2.24. The first-order chi connectivity index (χ1) is 13.4. The molecule has 6 nitrogen and oxygen atoms in total. The number of hydrogen-bond donors (Lipinski definition) is 4. The van der Waals surface area contributed by atoms with Crippen molar-refractivity contribution in [3.63, 3.8) is 0 Å². The number of rotatable bonds is 13. The molecule has 0 aliphatic carbocycles. The lowest BCUT2D eigenvalue weighted by Crippen LogP contribution is -2.29. The number of anilines is 2. The molecule has 0 unspecified atom stereocenters. The summed E-state index contributed by atoms with van der Waals surface area (Å²) in [5.41, 5.74) is 1.40. The molecule has 0 aliphatic heterocycles. The van der Waals surface area contributed by atoms with Gasteiger partial charge in [0.15, 0.2) is 5.75 Å². The topological polar surface area (TPSA) is 90.5 Å². The van der Waals surface area contributed by atoms with Crippen molar-refractivity contribution >= 4 is 23.3 Å². The summed E-state index contributed by atoms with van der Waals surface area (Å²) in [5, 5.41) is 18.2. The molecule has 28 heavy (non-hydrogen) atoms. The minimum absolute atomic E-state index is 0.144. The second kappa shape index (κ2) is 13.9. The van der Waals surface area contributed by atoms with Crippen LogP contribution in [-0.4, -0.2) is 23.6 Å². The van der Waals surface area contributed by atoms with E-state index < -0.39 is 0 Å². The zero-order valence-electron chi connectivity index (χ0n) is 17.7. The Morgan fingerprint density at radius 3 is 1.89 bits per heavy atom. The van der Waals surface area contributed by atoms with Crippen LogP contribution in [0.1, 0.15) is 83.6 Å². The van der Waals surface area contributed by atoms with E-state index in [4.69, 9.17) is 0 Å². The van der Waals surface area contributed by atoms with Crippen LogP contribution < -0.4 is 16.0 Å². The minimum Gasteiger partial charge on any atom is -0.504 e. The minimum atomic E-state index is -0.356. The second-order valence-electron chi connectivity index (χ2n) is 7.45. The summed E-state index contributed by atoms with van der Waals surface area (Å²) < 4.78 is 0. The van der Waals surface area contributed by atoms with E-state index in [0.717, 1.165) is 18.4 Å². The Balaban J connectivity index is 2.22. The first kappa shape index (κ1) is 23.8. The Morgan fingerprint density at radius 2 is 1.36 bits per heavy atom. The maximum atomic E-state index is 12.0. The molecule has 1 aromatic carbocycles. The van der Waals surface area contributed by atoms with Crippen LogP contribution in [0.25, 0.3) is 0 Å². The van der Waals surface area contributed by atoms with Gasteiger partial charge >= 0.3 is 6.03 Å². The molecule has 0 aliphatic rings. The number of carbonyl (C=O) groups is 2. The summed E-state index contributed by atoms with van der Waals surface area (Å²) in [7, 11) is 0. The summed E-state index contributed by atoms with van der Waals surface area (Å²) in [6.07, 6.45) is 12.5. The molecule has 6 heteroatoms. The molecule has 0 fully saturated rings. The van der Waals surface area contributed by atoms with Gasteiger partial charge in [0.25, 0.3) is 0 Å². The van der Waals surface area contributed by atoms with Gasteiger partial charge in [-0.1, -0.05) is 64.7 Å². The van der Waals surface area contributed by atoms with E-state index in [9.17, 15) is 14.7 Å². The van der Waals surface area contributed by atoms with Crippen molar-refractivity contribution in [2.45, 2.75) is 85.0 Å². The predicted molar refractivity (Wildman–Crippen MR) is 116 cm³/mol. The average molecular weight is 392 g/mol. The number of aryl methyl sites for hydroxylation is 1. The van der Waals surface area contributed by atoms with Crippen LogP contribution in [0, 0.1) is 6.92 Å². The molecule has 4 N–H and O–H groups in total. The Morgan fingerprint density at radius 1 is 0.857 bits per heavy atom. The van der Waals surface area contributed by atoms with Gasteiger partial charge in [-0.2, -0.15) is 0 Å². The number of carbonyl (C=O) groups excluding carboxylic acids is 2. The average Bonchev–Trinajstić information content (AvgIpc) is 2.63. The first-order valence-electron chi connectivity index (χ1n) is 10.6. The molecule has 0 bridgehead atoms. The van der Waals surface area contributed by atoms with Crippen LogP contribution in [-0.2, 0) is 4.79 Å². The summed E-state index contributed by atoms with van der Waals surface area (Å²) in [5.74, 6) is -0.424. The van der Waals surface area contributed by atoms with Gasteiger partial charge in [-0.3, -0.25) is 4.79 Å². The van der Waals surface area contributed by atoms with Crippen LogP contribution in [0.4, 0.5) is 16.2 Å². The first-order valence-corrected chi connectivity index (χ1v) is 10.6. The zero-order chi connectivity index (χ0) is 20.8. The number of unbranched alkanes of at least 4 members (excludes halogenated alkanes) is 9. The molecule has 0 saturated carbocycles. The number of nitrogens with one attached hydrogen (secondary N) is 3. The lowest BCUT2D eigenvalue weighted by Gasteiger charge is -2.13. The third-order valence-corrected chi connectivity index (χ3v) is 4.63. The highest BCUT2D eigenvalue weighted by atomic mass is 16.3. The van der Waals surface area contributed by atoms with Crippen molar-refractivity contribution in [2.24, 2.45) is 0 Å². The summed E-state index contributed by atoms with van der Waals surface area (Å²) in [6.45, 7) is 6.04. The number of benzene rings is 1. The van der Waals surface area contributed by atoms with E-state index in [2.05, 4.69) is 22.9 Å². The molecule has 0 spiro atoms. The van der Waals surface area contributed by atoms with Crippen LogP contribution >= 0.6 is 0 Å². The third-order valence-electron chi connectivity index (χ3n) is 4.63. The summed E-state index contributed by atoms with van der Waals surface area (Å²) in [6, 6.07) is 2.97. The number of phenols is 1. The van der Waals surface area contributed by atoms with Crippen LogP contribution in [0.15, 0.2) is 12.1 Å². The van der Waals surface area contributed by atoms with Crippen LogP contribution in [0.3, 0.4) is 0 Å². The number of phenolic OH excluding ortho intramolecular Hbond substituents is 1. The van der Waals surface area contributed by atoms with Gasteiger partial charge in [-0.15, -0.1) is 0 Å². The number of hydrogen-bond acceptors (Lipinski definition) is 3. The van der Waals surface area contributed by atoms with Gasteiger partial charge < -0.3 is 21.1 Å². The van der Waals surface area contributed by atoms with Crippen molar-refractivity contribution in [3.8, 4) is 5.75 Å². The number of aromatic hydroxyl groups is 1.